The molecule has 6 heteroatoms. The quantitative estimate of drug-likeness (QED) is 0.820. The van der Waals surface area contributed by atoms with Crippen molar-refractivity contribution in [3.8, 4) is 5.75 Å². The van der Waals surface area contributed by atoms with Crippen molar-refractivity contribution in [2.45, 2.75) is 25.0 Å². The smallest absolute Gasteiger partial charge is 0.254 e. The molecule has 0 aliphatic carbocycles. The molecule has 2 atom stereocenters. The van der Waals surface area contributed by atoms with E-state index in [0.29, 0.717) is 45.1 Å². The molecule has 2 aliphatic rings. The standard InChI is InChI=1S/C18H25NO5/c1-3-22-11-16-10-18(13-24-16)12-23-9-8-19(18)17(20)14-4-6-15(21-2)7-5-14/h4-7,16H,3,8-13H2,1-2H3/t16-,18-/m1/s1. The van der Waals surface area contributed by atoms with Gasteiger partial charge in [0, 0.05) is 25.1 Å². The van der Waals surface area contributed by atoms with E-state index >= 15 is 0 Å². The first-order valence-electron chi connectivity index (χ1n) is 8.41. The van der Waals surface area contributed by atoms with Gasteiger partial charge in [0.2, 0.25) is 0 Å². The van der Waals surface area contributed by atoms with Crippen molar-refractivity contribution in [1.29, 1.82) is 0 Å². The van der Waals surface area contributed by atoms with Gasteiger partial charge in [-0.05, 0) is 31.2 Å². The lowest BCUT2D eigenvalue weighted by Gasteiger charge is -2.43. The number of methoxy groups -OCH3 is 1. The van der Waals surface area contributed by atoms with Gasteiger partial charge in [0.1, 0.15) is 5.75 Å². The van der Waals surface area contributed by atoms with Gasteiger partial charge in [-0.15, -0.1) is 0 Å². The molecule has 0 radical (unpaired) electrons. The van der Waals surface area contributed by atoms with Crippen molar-refractivity contribution in [3.63, 3.8) is 0 Å². The number of amides is 1. The van der Waals surface area contributed by atoms with Crippen LogP contribution in [-0.2, 0) is 14.2 Å². The van der Waals surface area contributed by atoms with Crippen LogP contribution in [-0.4, -0.2) is 69.1 Å². The van der Waals surface area contributed by atoms with Crippen molar-refractivity contribution in [2.75, 3.05) is 46.7 Å². The van der Waals surface area contributed by atoms with Crippen LogP contribution in [0.4, 0.5) is 0 Å². The highest BCUT2D eigenvalue weighted by molar-refractivity contribution is 5.95. The van der Waals surface area contributed by atoms with E-state index in [-0.39, 0.29) is 12.0 Å². The Kier molecular flexibility index (Phi) is 5.38. The minimum absolute atomic E-state index is 0.0119. The molecule has 1 aromatic rings. The Bertz CT molecular complexity index is 561. The van der Waals surface area contributed by atoms with E-state index in [2.05, 4.69) is 0 Å². The lowest BCUT2D eigenvalue weighted by molar-refractivity contribution is -0.0559. The van der Waals surface area contributed by atoms with Gasteiger partial charge < -0.3 is 23.8 Å². The summed E-state index contributed by atoms with van der Waals surface area (Å²) in [5.74, 6) is 0.755. The predicted octanol–water partition coefficient (Wildman–Crippen LogP) is 1.73. The zero-order valence-corrected chi connectivity index (χ0v) is 14.3. The van der Waals surface area contributed by atoms with Crippen LogP contribution in [0.25, 0.3) is 0 Å². The Hall–Kier alpha value is -1.63. The molecule has 2 heterocycles. The molecule has 0 aromatic heterocycles. The lowest BCUT2D eigenvalue weighted by Crippen LogP contribution is -2.59. The van der Waals surface area contributed by atoms with Crippen LogP contribution in [0.2, 0.25) is 0 Å². The molecule has 1 spiro atoms. The molecule has 0 bridgehead atoms. The highest BCUT2D eigenvalue weighted by Crippen LogP contribution is 2.34. The molecule has 2 aliphatic heterocycles. The number of hydrogen-bond acceptors (Lipinski definition) is 5. The van der Waals surface area contributed by atoms with Crippen molar-refractivity contribution in [1.82, 2.24) is 4.90 Å². The molecule has 2 fully saturated rings. The van der Waals surface area contributed by atoms with E-state index in [9.17, 15) is 4.79 Å². The minimum Gasteiger partial charge on any atom is -0.497 e. The van der Waals surface area contributed by atoms with Gasteiger partial charge in [-0.2, -0.15) is 0 Å². The minimum atomic E-state index is -0.392. The third-order valence-corrected chi connectivity index (χ3v) is 4.69. The van der Waals surface area contributed by atoms with E-state index in [1.54, 1.807) is 19.2 Å². The topological polar surface area (TPSA) is 57.2 Å². The van der Waals surface area contributed by atoms with Gasteiger partial charge in [-0.25, -0.2) is 0 Å². The van der Waals surface area contributed by atoms with Crippen LogP contribution in [0.5, 0.6) is 5.75 Å². The monoisotopic (exact) mass is 335 g/mol. The van der Waals surface area contributed by atoms with E-state index < -0.39 is 5.54 Å². The number of nitrogens with zero attached hydrogens (tertiary/aromatic N) is 1. The molecule has 3 rings (SSSR count). The fourth-order valence-corrected chi connectivity index (χ4v) is 3.40. The molecule has 6 nitrogen and oxygen atoms in total. The summed E-state index contributed by atoms with van der Waals surface area (Å²) >= 11 is 0. The number of carbonyl (C=O) groups excluding carboxylic acids is 1. The molecular formula is C18H25NO5. The lowest BCUT2D eigenvalue weighted by atomic mass is 9.92. The van der Waals surface area contributed by atoms with Crippen LogP contribution in [0.15, 0.2) is 24.3 Å². The largest absolute Gasteiger partial charge is 0.497 e. The fraction of sp³-hybridized carbons (Fsp3) is 0.611. The average Bonchev–Trinajstić information content (AvgIpc) is 3.03. The predicted molar refractivity (Wildman–Crippen MR) is 88.4 cm³/mol. The maximum absolute atomic E-state index is 13.0. The maximum Gasteiger partial charge on any atom is 0.254 e. The molecule has 0 saturated carbocycles. The van der Waals surface area contributed by atoms with Crippen molar-refractivity contribution >= 4 is 5.91 Å². The van der Waals surface area contributed by atoms with Crippen molar-refractivity contribution in [3.05, 3.63) is 29.8 Å². The molecule has 0 N–H and O–H groups in total. The summed E-state index contributed by atoms with van der Waals surface area (Å²) in [6.07, 6.45) is 0.757. The molecule has 0 unspecified atom stereocenters. The number of hydrogen-bond donors (Lipinski definition) is 0. The van der Waals surface area contributed by atoms with Crippen LogP contribution in [0.3, 0.4) is 0 Å². The number of benzene rings is 1. The first-order chi connectivity index (χ1) is 11.7. The number of morpholine rings is 1. The Morgan fingerprint density at radius 1 is 1.33 bits per heavy atom. The zero-order chi connectivity index (χ0) is 17.0. The summed E-state index contributed by atoms with van der Waals surface area (Å²) in [7, 11) is 1.61. The third-order valence-electron chi connectivity index (χ3n) is 4.69. The zero-order valence-electron chi connectivity index (χ0n) is 14.3. The molecule has 1 aromatic carbocycles. The summed E-state index contributed by atoms with van der Waals surface area (Å²) in [5.41, 5.74) is 0.266. The van der Waals surface area contributed by atoms with E-state index in [0.717, 1.165) is 12.2 Å². The second kappa shape index (κ2) is 7.51. The summed E-state index contributed by atoms with van der Waals surface area (Å²) in [5, 5.41) is 0. The van der Waals surface area contributed by atoms with Gasteiger partial charge in [-0.3, -0.25) is 4.79 Å². The second-order valence-electron chi connectivity index (χ2n) is 6.26. The Balaban J connectivity index is 1.75. The highest BCUT2D eigenvalue weighted by atomic mass is 16.5. The Labute approximate surface area is 142 Å². The third kappa shape index (κ3) is 3.41. The maximum atomic E-state index is 13.0. The SMILES string of the molecule is CCOC[C@H]1C[C@@]2(COCCN2C(=O)c2ccc(OC)cc2)CO1. The molecule has 132 valence electrons. The van der Waals surface area contributed by atoms with Crippen LogP contribution in [0.1, 0.15) is 23.7 Å². The van der Waals surface area contributed by atoms with Gasteiger partial charge in [-0.1, -0.05) is 0 Å². The molecule has 1 amide bonds. The van der Waals surface area contributed by atoms with E-state index in [1.807, 2.05) is 24.0 Å². The van der Waals surface area contributed by atoms with Gasteiger partial charge >= 0.3 is 0 Å². The van der Waals surface area contributed by atoms with Gasteiger partial charge in [0.05, 0.1) is 45.2 Å². The number of carbonyl (C=O) groups is 1. The summed E-state index contributed by atoms with van der Waals surface area (Å²) in [6.45, 7) is 5.33. The Morgan fingerprint density at radius 3 is 2.83 bits per heavy atom. The van der Waals surface area contributed by atoms with E-state index in [1.165, 1.54) is 0 Å². The second-order valence-corrected chi connectivity index (χ2v) is 6.26. The summed E-state index contributed by atoms with van der Waals surface area (Å²) in [4.78, 5) is 14.9. The fourth-order valence-electron chi connectivity index (χ4n) is 3.40. The van der Waals surface area contributed by atoms with Crippen molar-refractivity contribution in [2.24, 2.45) is 0 Å². The Morgan fingerprint density at radius 2 is 2.12 bits per heavy atom. The summed E-state index contributed by atoms with van der Waals surface area (Å²) < 4.78 is 22.2. The van der Waals surface area contributed by atoms with Gasteiger partial charge in [0.25, 0.3) is 5.91 Å². The first-order valence-corrected chi connectivity index (χ1v) is 8.41. The van der Waals surface area contributed by atoms with E-state index in [4.69, 9.17) is 18.9 Å². The molecule has 24 heavy (non-hydrogen) atoms. The molecule has 2 saturated heterocycles. The van der Waals surface area contributed by atoms with Crippen LogP contribution in [0, 0.1) is 0 Å². The summed E-state index contributed by atoms with van der Waals surface area (Å²) in [6, 6.07) is 7.22. The van der Waals surface area contributed by atoms with Crippen LogP contribution >= 0.6 is 0 Å². The first kappa shape index (κ1) is 17.2. The highest BCUT2D eigenvalue weighted by Gasteiger charge is 2.49. The van der Waals surface area contributed by atoms with Gasteiger partial charge in [0.15, 0.2) is 0 Å². The molecular weight excluding hydrogens is 310 g/mol. The normalized spacial score (nSPS) is 26.8. The number of rotatable bonds is 5. The average molecular weight is 335 g/mol. The number of ether oxygens (including phenoxy) is 4. The van der Waals surface area contributed by atoms with Crippen molar-refractivity contribution < 1.29 is 23.7 Å². The van der Waals surface area contributed by atoms with Crippen LogP contribution < -0.4 is 4.74 Å².